The summed E-state index contributed by atoms with van der Waals surface area (Å²) in [7, 11) is 0. The van der Waals surface area contributed by atoms with E-state index >= 15 is 0 Å². The van der Waals surface area contributed by atoms with Crippen LogP contribution < -0.4 is 0 Å². The number of benzene rings is 3. The van der Waals surface area contributed by atoms with E-state index in [1.54, 1.807) is 0 Å². The van der Waals surface area contributed by atoms with E-state index in [0.29, 0.717) is 0 Å². The SMILES string of the molecule is C1=C(OC(c2ccccc2)c2ccccc2)CCN(Cc2ccccc2)C1. The van der Waals surface area contributed by atoms with Crippen LogP contribution in [-0.2, 0) is 11.3 Å². The zero-order chi connectivity index (χ0) is 18.3. The van der Waals surface area contributed by atoms with Gasteiger partial charge in [0.2, 0.25) is 0 Å². The third kappa shape index (κ3) is 4.66. The maximum absolute atomic E-state index is 6.50. The molecule has 0 N–H and O–H groups in total. The van der Waals surface area contributed by atoms with Gasteiger partial charge in [-0.15, -0.1) is 0 Å². The highest BCUT2D eigenvalue weighted by atomic mass is 16.5. The van der Waals surface area contributed by atoms with Crippen molar-refractivity contribution in [1.29, 1.82) is 0 Å². The second-order valence-corrected chi connectivity index (χ2v) is 6.96. The minimum atomic E-state index is -0.0562. The van der Waals surface area contributed by atoms with E-state index in [1.807, 2.05) is 12.1 Å². The predicted molar refractivity (Wildman–Crippen MR) is 110 cm³/mol. The highest BCUT2D eigenvalue weighted by Gasteiger charge is 2.19. The molecule has 0 aliphatic carbocycles. The minimum absolute atomic E-state index is 0.0562. The van der Waals surface area contributed by atoms with E-state index in [0.717, 1.165) is 31.8 Å². The van der Waals surface area contributed by atoms with Crippen LogP contribution in [-0.4, -0.2) is 18.0 Å². The van der Waals surface area contributed by atoms with Gasteiger partial charge in [0.25, 0.3) is 0 Å². The summed E-state index contributed by atoms with van der Waals surface area (Å²) in [5.41, 5.74) is 3.74. The molecule has 3 aromatic carbocycles. The van der Waals surface area contributed by atoms with Crippen LogP contribution in [0.15, 0.2) is 103 Å². The Morgan fingerprint density at radius 3 is 1.81 bits per heavy atom. The Balaban J connectivity index is 1.46. The quantitative estimate of drug-likeness (QED) is 0.572. The van der Waals surface area contributed by atoms with Gasteiger partial charge in [0, 0.05) is 26.1 Å². The molecule has 1 aliphatic rings. The molecule has 0 spiro atoms. The fourth-order valence-corrected chi connectivity index (χ4v) is 3.52. The second-order valence-electron chi connectivity index (χ2n) is 6.96. The molecule has 4 rings (SSSR count). The van der Waals surface area contributed by atoms with Crippen molar-refractivity contribution < 1.29 is 4.74 Å². The molecule has 0 saturated carbocycles. The molecule has 0 unspecified atom stereocenters. The molecule has 2 heteroatoms. The van der Waals surface area contributed by atoms with Gasteiger partial charge in [-0.05, 0) is 22.8 Å². The van der Waals surface area contributed by atoms with Gasteiger partial charge in [0.05, 0.1) is 5.76 Å². The van der Waals surface area contributed by atoms with E-state index in [4.69, 9.17) is 4.74 Å². The van der Waals surface area contributed by atoms with Gasteiger partial charge in [-0.3, -0.25) is 4.90 Å². The van der Waals surface area contributed by atoms with Crippen LogP contribution in [0, 0.1) is 0 Å². The summed E-state index contributed by atoms with van der Waals surface area (Å²) in [6.45, 7) is 2.95. The van der Waals surface area contributed by atoms with E-state index in [-0.39, 0.29) is 6.10 Å². The van der Waals surface area contributed by atoms with Crippen molar-refractivity contribution in [2.45, 2.75) is 19.1 Å². The number of hydrogen-bond acceptors (Lipinski definition) is 2. The Hall–Kier alpha value is -2.84. The molecule has 27 heavy (non-hydrogen) atoms. The monoisotopic (exact) mass is 355 g/mol. The standard InChI is InChI=1S/C25H25NO/c1-4-10-21(11-5-1)20-26-18-16-24(17-19-26)27-25(22-12-6-2-7-13-22)23-14-8-3-9-15-23/h1-16,25H,17-20H2. The largest absolute Gasteiger partial charge is 0.486 e. The van der Waals surface area contributed by atoms with Gasteiger partial charge < -0.3 is 4.74 Å². The highest BCUT2D eigenvalue weighted by molar-refractivity contribution is 5.30. The summed E-state index contributed by atoms with van der Waals surface area (Å²) in [4.78, 5) is 2.46. The molecule has 1 heterocycles. The van der Waals surface area contributed by atoms with Crippen molar-refractivity contribution in [3.8, 4) is 0 Å². The van der Waals surface area contributed by atoms with Crippen LogP contribution in [0.25, 0.3) is 0 Å². The Bertz CT molecular complexity index is 819. The van der Waals surface area contributed by atoms with Crippen LogP contribution in [0.5, 0.6) is 0 Å². The topological polar surface area (TPSA) is 12.5 Å². The lowest BCUT2D eigenvalue weighted by atomic mass is 10.0. The predicted octanol–water partition coefficient (Wildman–Crippen LogP) is 5.58. The van der Waals surface area contributed by atoms with Crippen molar-refractivity contribution in [3.63, 3.8) is 0 Å². The highest BCUT2D eigenvalue weighted by Crippen LogP contribution is 2.30. The Morgan fingerprint density at radius 1 is 0.741 bits per heavy atom. The number of ether oxygens (including phenoxy) is 1. The summed E-state index contributed by atoms with van der Waals surface area (Å²) in [6.07, 6.45) is 3.13. The van der Waals surface area contributed by atoms with Crippen LogP contribution >= 0.6 is 0 Å². The lowest BCUT2D eigenvalue weighted by Gasteiger charge is -2.29. The van der Waals surface area contributed by atoms with Gasteiger partial charge in [-0.1, -0.05) is 91.0 Å². The third-order valence-corrected chi connectivity index (χ3v) is 4.97. The summed E-state index contributed by atoms with van der Waals surface area (Å²) in [5.74, 6) is 1.09. The van der Waals surface area contributed by atoms with E-state index in [2.05, 4.69) is 89.8 Å². The zero-order valence-corrected chi connectivity index (χ0v) is 15.5. The molecule has 0 fully saturated rings. The van der Waals surface area contributed by atoms with Crippen molar-refractivity contribution in [3.05, 3.63) is 120 Å². The first-order chi connectivity index (χ1) is 13.4. The molecule has 0 saturated heterocycles. The molecule has 0 bridgehead atoms. The Kier molecular flexibility index (Phi) is 5.66. The zero-order valence-electron chi connectivity index (χ0n) is 15.5. The summed E-state index contributed by atoms with van der Waals surface area (Å²) < 4.78 is 6.50. The molecule has 1 aliphatic heterocycles. The van der Waals surface area contributed by atoms with Gasteiger partial charge in [0.1, 0.15) is 6.10 Å². The Morgan fingerprint density at radius 2 is 1.30 bits per heavy atom. The molecular formula is C25H25NO. The van der Waals surface area contributed by atoms with Crippen LogP contribution in [0.4, 0.5) is 0 Å². The normalized spacial score (nSPS) is 14.8. The number of hydrogen-bond donors (Lipinski definition) is 0. The van der Waals surface area contributed by atoms with E-state index < -0.39 is 0 Å². The lowest BCUT2D eigenvalue weighted by Crippen LogP contribution is -2.29. The fraction of sp³-hybridized carbons (Fsp3) is 0.200. The van der Waals surface area contributed by atoms with Gasteiger partial charge in [-0.25, -0.2) is 0 Å². The van der Waals surface area contributed by atoms with Crippen molar-refractivity contribution in [2.24, 2.45) is 0 Å². The van der Waals surface area contributed by atoms with Gasteiger partial charge in [0.15, 0.2) is 0 Å². The maximum atomic E-state index is 6.50. The first-order valence-electron chi connectivity index (χ1n) is 9.60. The smallest absolute Gasteiger partial charge is 0.148 e. The first-order valence-corrected chi connectivity index (χ1v) is 9.60. The van der Waals surface area contributed by atoms with E-state index in [9.17, 15) is 0 Å². The summed E-state index contributed by atoms with van der Waals surface area (Å²) in [5, 5.41) is 0. The van der Waals surface area contributed by atoms with Crippen LogP contribution in [0.2, 0.25) is 0 Å². The van der Waals surface area contributed by atoms with Gasteiger partial charge in [-0.2, -0.15) is 0 Å². The summed E-state index contributed by atoms with van der Waals surface area (Å²) in [6, 6.07) is 31.6. The molecule has 0 amide bonds. The molecular weight excluding hydrogens is 330 g/mol. The molecule has 0 atom stereocenters. The fourth-order valence-electron chi connectivity index (χ4n) is 3.52. The molecule has 0 aromatic heterocycles. The average Bonchev–Trinajstić information content (AvgIpc) is 2.75. The number of nitrogens with zero attached hydrogens (tertiary/aromatic N) is 1. The third-order valence-electron chi connectivity index (χ3n) is 4.97. The average molecular weight is 355 g/mol. The van der Waals surface area contributed by atoms with Crippen LogP contribution in [0.3, 0.4) is 0 Å². The number of rotatable bonds is 6. The Labute approximate surface area is 161 Å². The molecule has 0 radical (unpaired) electrons. The summed E-state index contributed by atoms with van der Waals surface area (Å²) >= 11 is 0. The van der Waals surface area contributed by atoms with Gasteiger partial charge >= 0.3 is 0 Å². The minimum Gasteiger partial charge on any atom is -0.486 e. The molecule has 3 aromatic rings. The van der Waals surface area contributed by atoms with Crippen molar-refractivity contribution >= 4 is 0 Å². The van der Waals surface area contributed by atoms with E-state index in [1.165, 1.54) is 16.7 Å². The van der Waals surface area contributed by atoms with Crippen molar-refractivity contribution in [1.82, 2.24) is 4.90 Å². The molecule has 2 nitrogen and oxygen atoms in total. The first kappa shape index (κ1) is 17.6. The second kappa shape index (κ2) is 8.70. The molecule has 136 valence electrons. The van der Waals surface area contributed by atoms with Crippen molar-refractivity contribution in [2.75, 3.05) is 13.1 Å². The van der Waals surface area contributed by atoms with Crippen LogP contribution in [0.1, 0.15) is 29.2 Å². The lowest BCUT2D eigenvalue weighted by molar-refractivity contribution is 0.123. The maximum Gasteiger partial charge on any atom is 0.148 e.